The van der Waals surface area contributed by atoms with Crippen molar-refractivity contribution in [2.75, 3.05) is 13.2 Å². The van der Waals surface area contributed by atoms with Crippen molar-refractivity contribution in [3.8, 4) is 0 Å². The fourth-order valence-electron chi connectivity index (χ4n) is 7.60. The average molecular weight is 972 g/mol. The number of hydrogen-bond donors (Lipinski definition) is 13. The van der Waals surface area contributed by atoms with Gasteiger partial charge in [0.25, 0.3) is 0 Å². The second kappa shape index (κ2) is 26.4. The van der Waals surface area contributed by atoms with Crippen LogP contribution in [0.25, 0.3) is 10.9 Å². The summed E-state index contributed by atoms with van der Waals surface area (Å²) in [5, 5.41) is 43.3. The molecule has 0 unspecified atom stereocenters. The molecule has 1 fully saturated rings. The zero-order valence-electron chi connectivity index (χ0n) is 39.0. The Morgan fingerprint density at radius 2 is 1.26 bits per heavy atom. The second-order valence-electron chi connectivity index (χ2n) is 17.1. The van der Waals surface area contributed by atoms with E-state index in [1.54, 1.807) is 58.2 Å². The van der Waals surface area contributed by atoms with Crippen molar-refractivity contribution >= 4 is 76.0 Å². The smallest absolute Gasteiger partial charge is 0.328 e. The largest absolute Gasteiger partial charge is 0.481 e. The second-order valence-corrected chi connectivity index (χ2v) is 17.1. The molecule has 9 amide bonds. The third-order valence-corrected chi connectivity index (χ3v) is 12.0. The number of carbonyl (C=O) groups excluding carboxylic acids is 9. The topological polar surface area (TPSA) is 418 Å². The van der Waals surface area contributed by atoms with Crippen LogP contribution in [0.15, 0.2) is 30.5 Å². The summed E-state index contributed by atoms with van der Waals surface area (Å²) in [7, 11) is 0. The maximum absolute atomic E-state index is 14.4. The maximum atomic E-state index is 14.4. The molecule has 0 radical (unpaired) electrons. The lowest BCUT2D eigenvalue weighted by atomic mass is 9.96. The molecule has 3 rings (SSSR count). The average Bonchev–Trinajstić information content (AvgIpc) is 3.96. The molecule has 380 valence electrons. The number of nitrogens with one attached hydrogen (secondary N) is 7. The monoisotopic (exact) mass is 971 g/mol. The van der Waals surface area contributed by atoms with E-state index < -0.39 is 151 Å². The Morgan fingerprint density at radius 3 is 1.83 bits per heavy atom. The lowest BCUT2D eigenvalue weighted by Gasteiger charge is -2.33. The zero-order valence-corrected chi connectivity index (χ0v) is 39.0. The SMILES string of the molecule is CC[C@H](C)[C@H](NC(=O)[C@@H](N)CCC(=O)O)C(=O)N[C@@H](CC(N)=O)C(=O)N[C@@H](CC(N)=O)C(=O)N[C@H](C(=O)N1CCC[C@H]1C(=O)N[C@@H](Cc1c[nH]c2ccccc12)C(=O)N[C@@H](CO)C(=O)O)[C@@H](C)CC. The highest BCUT2D eigenvalue weighted by Gasteiger charge is 2.42. The van der Waals surface area contributed by atoms with Gasteiger partial charge in [-0.15, -0.1) is 0 Å². The third-order valence-electron chi connectivity index (χ3n) is 12.0. The van der Waals surface area contributed by atoms with Gasteiger partial charge in [-0.1, -0.05) is 58.7 Å². The van der Waals surface area contributed by atoms with Crippen molar-refractivity contribution in [2.45, 2.75) is 134 Å². The number of aliphatic hydroxyl groups is 1. The normalized spacial score (nSPS) is 17.3. The van der Waals surface area contributed by atoms with E-state index in [-0.39, 0.29) is 25.8 Å². The summed E-state index contributed by atoms with van der Waals surface area (Å²) >= 11 is 0. The summed E-state index contributed by atoms with van der Waals surface area (Å²) < 4.78 is 0. The number of hydrogen-bond acceptors (Lipinski definition) is 13. The fourth-order valence-corrected chi connectivity index (χ4v) is 7.60. The minimum Gasteiger partial charge on any atom is -0.481 e. The van der Waals surface area contributed by atoms with Crippen molar-refractivity contribution < 1.29 is 68.1 Å². The molecular formula is C44H65N11O14. The Labute approximate surface area is 397 Å². The van der Waals surface area contributed by atoms with Crippen LogP contribution in [-0.4, -0.2) is 152 Å². The molecule has 1 aliphatic rings. The quantitative estimate of drug-likeness (QED) is 0.0398. The molecule has 1 aliphatic heterocycles. The van der Waals surface area contributed by atoms with Gasteiger partial charge in [0.1, 0.15) is 42.3 Å². The Morgan fingerprint density at radius 1 is 0.725 bits per heavy atom. The third kappa shape index (κ3) is 16.3. The lowest BCUT2D eigenvalue weighted by Crippen LogP contribution is -2.62. The number of H-pyrrole nitrogens is 1. The molecule has 69 heavy (non-hydrogen) atoms. The number of para-hydroxylation sites is 1. The maximum Gasteiger partial charge on any atom is 0.328 e. The van der Waals surface area contributed by atoms with Crippen LogP contribution >= 0.6 is 0 Å². The van der Waals surface area contributed by atoms with Crippen LogP contribution in [0.5, 0.6) is 0 Å². The van der Waals surface area contributed by atoms with Crippen LogP contribution in [0.4, 0.5) is 0 Å². The number of benzene rings is 1. The van der Waals surface area contributed by atoms with Gasteiger partial charge in [0, 0.05) is 36.5 Å². The Bertz CT molecular complexity index is 2220. The molecule has 16 N–H and O–H groups in total. The Balaban J connectivity index is 1.86. The summed E-state index contributed by atoms with van der Waals surface area (Å²) in [5.41, 5.74) is 18.0. The summed E-state index contributed by atoms with van der Waals surface area (Å²) in [6.45, 7) is 5.73. The standard InChI is InChI=1S/C44H65N11O14/c1-5-21(3)35(53-37(61)25(45)13-14-34(59)60)42(66)51-28(17-32(46)57)39(63)49-29(18-33(47)58)40(64)54-36(22(4)6-2)43(67)55-15-9-12-31(55)41(65)50-27(38(62)52-30(20-56)44(68)69)16-23-19-48-26-11-8-7-10-24(23)26/h7-8,10-11,19,21-22,25,27-31,35-36,48,56H,5-6,9,12-18,20,45H2,1-4H3,(H2,46,57)(H2,47,58)(H,49,63)(H,50,65)(H,51,66)(H,52,62)(H,53,61)(H,54,64)(H,59,60)(H,68,69)/t21-,22-,25-,27-,28-,29-,30-,31-,35-,36-/m0/s1. The van der Waals surface area contributed by atoms with Gasteiger partial charge in [-0.3, -0.25) is 47.9 Å². The number of nitrogens with zero attached hydrogens (tertiary/aromatic N) is 1. The number of rotatable bonds is 28. The summed E-state index contributed by atoms with van der Waals surface area (Å²) in [4.78, 5) is 148. The highest BCUT2D eigenvalue weighted by Crippen LogP contribution is 2.24. The van der Waals surface area contributed by atoms with Gasteiger partial charge in [0.05, 0.1) is 25.5 Å². The molecular weight excluding hydrogens is 907 g/mol. The van der Waals surface area contributed by atoms with E-state index >= 15 is 0 Å². The van der Waals surface area contributed by atoms with Crippen molar-refractivity contribution in [1.29, 1.82) is 0 Å². The lowest BCUT2D eigenvalue weighted by molar-refractivity contribution is -0.145. The van der Waals surface area contributed by atoms with Gasteiger partial charge in [-0.25, -0.2) is 4.79 Å². The number of amides is 9. The van der Waals surface area contributed by atoms with Crippen molar-refractivity contribution in [1.82, 2.24) is 41.8 Å². The van der Waals surface area contributed by atoms with E-state index in [0.717, 1.165) is 10.9 Å². The number of primary amides is 2. The number of likely N-dealkylation sites (tertiary alicyclic amines) is 1. The molecule has 2 heterocycles. The molecule has 25 nitrogen and oxygen atoms in total. The molecule has 0 saturated carbocycles. The van der Waals surface area contributed by atoms with E-state index in [4.69, 9.17) is 22.3 Å². The summed E-state index contributed by atoms with van der Waals surface area (Å²) in [6.07, 6.45) is 0.236. The summed E-state index contributed by atoms with van der Waals surface area (Å²) in [5.74, 6) is -12.6. The Hall–Kier alpha value is -7.15. The number of carboxylic acids is 2. The number of aliphatic carboxylic acids is 2. The first-order valence-corrected chi connectivity index (χ1v) is 22.6. The van der Waals surface area contributed by atoms with Gasteiger partial charge in [-0.2, -0.15) is 0 Å². The van der Waals surface area contributed by atoms with Crippen LogP contribution in [0.3, 0.4) is 0 Å². The van der Waals surface area contributed by atoms with E-state index in [2.05, 4.69) is 36.9 Å². The van der Waals surface area contributed by atoms with Gasteiger partial charge in [0.15, 0.2) is 0 Å². The van der Waals surface area contributed by atoms with Crippen LogP contribution in [0.2, 0.25) is 0 Å². The number of carbonyl (C=O) groups is 11. The zero-order chi connectivity index (χ0) is 51.7. The predicted octanol–water partition coefficient (Wildman–Crippen LogP) is -3.28. The van der Waals surface area contributed by atoms with Crippen LogP contribution in [0, 0.1) is 11.8 Å². The first-order valence-electron chi connectivity index (χ1n) is 22.6. The molecule has 1 saturated heterocycles. The molecule has 1 aromatic carbocycles. The van der Waals surface area contributed by atoms with E-state index in [1.807, 2.05) is 0 Å². The number of carboxylic acid groups (broad SMARTS) is 2. The first-order chi connectivity index (χ1) is 32.5. The van der Waals surface area contributed by atoms with E-state index in [1.165, 1.54) is 4.90 Å². The van der Waals surface area contributed by atoms with Gasteiger partial charge in [0.2, 0.25) is 53.2 Å². The number of aliphatic hydroxyl groups excluding tert-OH is 1. The predicted molar refractivity (Wildman–Crippen MR) is 244 cm³/mol. The Kier molecular flexibility index (Phi) is 21.5. The molecule has 2 aromatic rings. The van der Waals surface area contributed by atoms with Crippen LogP contribution in [-0.2, 0) is 59.2 Å². The first kappa shape index (κ1) is 56.2. The highest BCUT2D eigenvalue weighted by atomic mass is 16.4. The molecule has 10 atom stereocenters. The van der Waals surface area contributed by atoms with Crippen LogP contribution in [0.1, 0.15) is 84.6 Å². The highest BCUT2D eigenvalue weighted by molar-refractivity contribution is 6.00. The molecule has 25 heteroatoms. The van der Waals surface area contributed by atoms with Crippen molar-refractivity contribution in [3.05, 3.63) is 36.0 Å². The summed E-state index contributed by atoms with van der Waals surface area (Å²) in [6, 6.07) is -4.74. The number of nitrogens with two attached hydrogens (primary N) is 3. The number of aromatic nitrogens is 1. The molecule has 0 aliphatic carbocycles. The van der Waals surface area contributed by atoms with Gasteiger partial charge < -0.3 is 74.3 Å². The van der Waals surface area contributed by atoms with E-state index in [9.17, 15) is 63.0 Å². The minimum atomic E-state index is -1.80. The molecule has 0 bridgehead atoms. The number of fused-ring (bicyclic) bond motifs is 1. The van der Waals surface area contributed by atoms with Gasteiger partial charge >= 0.3 is 11.9 Å². The van der Waals surface area contributed by atoms with Crippen molar-refractivity contribution in [2.24, 2.45) is 29.0 Å². The van der Waals surface area contributed by atoms with Crippen LogP contribution < -0.4 is 49.1 Å². The van der Waals surface area contributed by atoms with Gasteiger partial charge in [-0.05, 0) is 42.7 Å². The number of aromatic amines is 1. The fraction of sp³-hybridized carbons (Fsp3) is 0.568. The molecule has 0 spiro atoms. The van der Waals surface area contributed by atoms with Crippen molar-refractivity contribution in [3.63, 3.8) is 0 Å². The molecule has 1 aromatic heterocycles. The minimum absolute atomic E-state index is 0.0347. The van der Waals surface area contributed by atoms with E-state index in [0.29, 0.717) is 24.8 Å².